The number of halogens is 1. The van der Waals surface area contributed by atoms with Crippen LogP contribution in [0.2, 0.25) is 0 Å². The molecule has 0 saturated carbocycles. The van der Waals surface area contributed by atoms with Crippen LogP contribution in [0.25, 0.3) is 11.4 Å². The predicted octanol–water partition coefficient (Wildman–Crippen LogP) is 4.22. The fourth-order valence-corrected chi connectivity index (χ4v) is 3.15. The first-order valence-corrected chi connectivity index (χ1v) is 7.97. The van der Waals surface area contributed by atoms with Gasteiger partial charge in [-0.05, 0) is 24.1 Å². The largest absolute Gasteiger partial charge is 0.305 e. The molecule has 0 amide bonds. The molecule has 0 aliphatic carbocycles. The highest BCUT2D eigenvalue weighted by Gasteiger charge is 2.13. The molecule has 0 N–H and O–H groups in total. The van der Waals surface area contributed by atoms with E-state index in [0.717, 1.165) is 22.1 Å². The molecule has 3 nitrogen and oxygen atoms in total. The van der Waals surface area contributed by atoms with Crippen LogP contribution in [0.15, 0.2) is 53.7 Å². The fraction of sp³-hybridized carbons (Fsp3) is 0.176. The van der Waals surface area contributed by atoms with Crippen LogP contribution < -0.4 is 0 Å². The van der Waals surface area contributed by atoms with Gasteiger partial charge in [0.1, 0.15) is 5.82 Å². The molecule has 0 aliphatic heterocycles. The minimum absolute atomic E-state index is 0.184. The number of aromatic nitrogens is 3. The maximum absolute atomic E-state index is 13.7. The lowest BCUT2D eigenvalue weighted by Gasteiger charge is -2.06. The Hall–Kier alpha value is -2.14. The van der Waals surface area contributed by atoms with Gasteiger partial charge in [-0.3, -0.25) is 0 Å². The highest BCUT2D eigenvalue weighted by molar-refractivity contribution is 7.98. The Kier molecular flexibility index (Phi) is 4.24. The Bertz CT molecular complexity index is 798. The van der Waals surface area contributed by atoms with Crippen molar-refractivity contribution in [3.63, 3.8) is 0 Å². The summed E-state index contributed by atoms with van der Waals surface area (Å²) in [4.78, 5) is 0. The van der Waals surface area contributed by atoms with Gasteiger partial charge in [-0.25, -0.2) is 4.39 Å². The molecule has 1 heterocycles. The van der Waals surface area contributed by atoms with Crippen LogP contribution in [0.5, 0.6) is 0 Å². The van der Waals surface area contributed by atoms with E-state index in [-0.39, 0.29) is 5.82 Å². The van der Waals surface area contributed by atoms with Crippen molar-refractivity contribution < 1.29 is 4.39 Å². The van der Waals surface area contributed by atoms with E-state index in [0.29, 0.717) is 11.3 Å². The Labute approximate surface area is 133 Å². The first-order valence-electron chi connectivity index (χ1n) is 6.98. The number of nitrogens with zero attached hydrogens (tertiary/aromatic N) is 3. The van der Waals surface area contributed by atoms with Gasteiger partial charge in [0.2, 0.25) is 0 Å². The van der Waals surface area contributed by atoms with Gasteiger partial charge in [0.15, 0.2) is 11.0 Å². The molecule has 0 atom stereocenters. The minimum atomic E-state index is -0.184. The molecule has 0 fully saturated rings. The van der Waals surface area contributed by atoms with Crippen LogP contribution in [0, 0.1) is 12.7 Å². The Morgan fingerprint density at radius 1 is 1.05 bits per heavy atom. The van der Waals surface area contributed by atoms with E-state index in [2.05, 4.69) is 23.2 Å². The van der Waals surface area contributed by atoms with Crippen molar-refractivity contribution >= 4 is 11.8 Å². The maximum atomic E-state index is 13.7. The standard InChI is InChI=1S/C17H16FN3S/c1-12-7-3-5-9-14(12)16-19-20-17(21(16)2)22-11-13-8-4-6-10-15(13)18/h3-10H,11H2,1-2H3. The minimum Gasteiger partial charge on any atom is -0.305 e. The van der Waals surface area contributed by atoms with Crippen LogP contribution >= 0.6 is 11.8 Å². The van der Waals surface area contributed by atoms with Crippen LogP contribution in [0.4, 0.5) is 4.39 Å². The van der Waals surface area contributed by atoms with Crippen molar-refractivity contribution in [2.75, 3.05) is 0 Å². The third kappa shape index (κ3) is 2.90. The Morgan fingerprint density at radius 2 is 1.77 bits per heavy atom. The van der Waals surface area contributed by atoms with Crippen molar-refractivity contribution in [2.45, 2.75) is 17.8 Å². The zero-order valence-corrected chi connectivity index (χ0v) is 13.3. The van der Waals surface area contributed by atoms with E-state index in [1.54, 1.807) is 12.1 Å². The van der Waals surface area contributed by atoms with Gasteiger partial charge in [-0.1, -0.05) is 54.2 Å². The quantitative estimate of drug-likeness (QED) is 0.676. The zero-order valence-electron chi connectivity index (χ0n) is 12.5. The van der Waals surface area contributed by atoms with Gasteiger partial charge in [-0.2, -0.15) is 0 Å². The van der Waals surface area contributed by atoms with E-state index in [1.807, 2.05) is 35.9 Å². The summed E-state index contributed by atoms with van der Waals surface area (Å²) in [5, 5.41) is 9.29. The summed E-state index contributed by atoms with van der Waals surface area (Å²) < 4.78 is 15.6. The molecule has 0 radical (unpaired) electrons. The molecule has 5 heteroatoms. The number of hydrogen-bond acceptors (Lipinski definition) is 3. The summed E-state index contributed by atoms with van der Waals surface area (Å²) in [6.45, 7) is 2.05. The summed E-state index contributed by atoms with van der Waals surface area (Å²) in [5.74, 6) is 1.18. The molecule has 22 heavy (non-hydrogen) atoms. The zero-order chi connectivity index (χ0) is 15.5. The highest BCUT2D eigenvalue weighted by Crippen LogP contribution is 2.27. The van der Waals surface area contributed by atoms with Gasteiger partial charge in [-0.15, -0.1) is 10.2 Å². The van der Waals surface area contributed by atoms with E-state index < -0.39 is 0 Å². The lowest BCUT2D eigenvalue weighted by molar-refractivity contribution is 0.617. The lowest BCUT2D eigenvalue weighted by Crippen LogP contribution is -1.96. The second-order valence-corrected chi connectivity index (χ2v) is 6.00. The lowest BCUT2D eigenvalue weighted by atomic mass is 10.1. The number of aryl methyl sites for hydroxylation is 1. The maximum Gasteiger partial charge on any atom is 0.191 e. The van der Waals surface area contributed by atoms with Crippen LogP contribution in [-0.2, 0) is 12.8 Å². The highest BCUT2D eigenvalue weighted by atomic mass is 32.2. The van der Waals surface area contributed by atoms with Crippen LogP contribution in [-0.4, -0.2) is 14.8 Å². The topological polar surface area (TPSA) is 30.7 Å². The second-order valence-electron chi connectivity index (χ2n) is 5.06. The van der Waals surface area contributed by atoms with Crippen molar-refractivity contribution in [2.24, 2.45) is 7.05 Å². The molecule has 112 valence electrons. The summed E-state index contributed by atoms with van der Waals surface area (Å²) >= 11 is 1.49. The monoisotopic (exact) mass is 313 g/mol. The molecule has 0 spiro atoms. The fourth-order valence-electron chi connectivity index (χ4n) is 2.26. The third-order valence-corrected chi connectivity index (χ3v) is 4.60. The molecule has 3 rings (SSSR count). The summed E-state index contributed by atoms with van der Waals surface area (Å²) in [6.07, 6.45) is 0. The Balaban J connectivity index is 1.83. The molecule has 0 unspecified atom stereocenters. The molecular formula is C17H16FN3S. The van der Waals surface area contributed by atoms with Crippen molar-refractivity contribution in [1.29, 1.82) is 0 Å². The Morgan fingerprint density at radius 3 is 2.55 bits per heavy atom. The molecule has 1 aromatic heterocycles. The third-order valence-electron chi connectivity index (χ3n) is 3.54. The van der Waals surface area contributed by atoms with Gasteiger partial charge in [0, 0.05) is 18.4 Å². The van der Waals surface area contributed by atoms with Crippen LogP contribution in [0.1, 0.15) is 11.1 Å². The van der Waals surface area contributed by atoms with Crippen molar-refractivity contribution in [3.8, 4) is 11.4 Å². The molecule has 0 aliphatic rings. The number of benzene rings is 2. The summed E-state index contributed by atoms with van der Waals surface area (Å²) in [5.41, 5.74) is 2.90. The summed E-state index contributed by atoms with van der Waals surface area (Å²) in [6, 6.07) is 14.9. The van der Waals surface area contributed by atoms with Gasteiger partial charge >= 0.3 is 0 Å². The average Bonchev–Trinajstić information content (AvgIpc) is 2.88. The first-order chi connectivity index (χ1) is 10.7. The second kappa shape index (κ2) is 6.32. The normalized spacial score (nSPS) is 10.9. The summed E-state index contributed by atoms with van der Waals surface area (Å²) in [7, 11) is 1.94. The van der Waals surface area contributed by atoms with E-state index in [4.69, 9.17) is 0 Å². The first kappa shape index (κ1) is 14.8. The average molecular weight is 313 g/mol. The van der Waals surface area contributed by atoms with Gasteiger partial charge < -0.3 is 4.57 Å². The molecule has 0 bridgehead atoms. The molecule has 2 aromatic carbocycles. The SMILES string of the molecule is Cc1ccccc1-c1nnc(SCc2ccccc2F)n1C. The molecule has 0 saturated heterocycles. The molecule has 3 aromatic rings. The van der Waals surface area contributed by atoms with Gasteiger partial charge in [0.25, 0.3) is 0 Å². The van der Waals surface area contributed by atoms with Gasteiger partial charge in [0.05, 0.1) is 0 Å². The van der Waals surface area contributed by atoms with E-state index in [1.165, 1.54) is 17.8 Å². The number of rotatable bonds is 4. The van der Waals surface area contributed by atoms with E-state index >= 15 is 0 Å². The smallest absolute Gasteiger partial charge is 0.191 e. The number of hydrogen-bond donors (Lipinski definition) is 0. The number of thioether (sulfide) groups is 1. The van der Waals surface area contributed by atoms with E-state index in [9.17, 15) is 4.39 Å². The molecular weight excluding hydrogens is 297 g/mol. The van der Waals surface area contributed by atoms with Crippen LogP contribution in [0.3, 0.4) is 0 Å². The van der Waals surface area contributed by atoms with Crippen molar-refractivity contribution in [3.05, 3.63) is 65.5 Å². The van der Waals surface area contributed by atoms with Crippen molar-refractivity contribution in [1.82, 2.24) is 14.8 Å². The predicted molar refractivity (Wildman–Crippen MR) is 87.1 cm³/mol.